The minimum atomic E-state index is 0.897. The number of nitrogens with zero attached hydrogens (tertiary/aromatic N) is 2. The molecule has 2 atom stereocenters. The van der Waals surface area contributed by atoms with E-state index >= 15 is 0 Å². The van der Waals surface area contributed by atoms with Crippen LogP contribution in [0.25, 0.3) is 0 Å². The number of aromatic nitrogens is 2. The summed E-state index contributed by atoms with van der Waals surface area (Å²) in [5, 5.41) is 4.25. The second-order valence-electron chi connectivity index (χ2n) is 3.71. The lowest BCUT2D eigenvalue weighted by atomic mass is 10.3. The van der Waals surface area contributed by atoms with Gasteiger partial charge in [-0.05, 0) is 30.7 Å². The number of hydrogen-bond acceptors (Lipinski definition) is 1. The molecule has 11 heavy (non-hydrogen) atoms. The highest BCUT2D eigenvalue weighted by molar-refractivity contribution is 5.00. The minimum absolute atomic E-state index is 0.897. The van der Waals surface area contributed by atoms with Crippen molar-refractivity contribution in [1.82, 2.24) is 9.78 Å². The van der Waals surface area contributed by atoms with Crippen LogP contribution in [0.4, 0.5) is 0 Å². The van der Waals surface area contributed by atoms with Crippen molar-refractivity contribution in [3.63, 3.8) is 0 Å². The molecule has 0 spiro atoms. The highest BCUT2D eigenvalue weighted by Gasteiger charge is 2.32. The molecule has 0 radical (unpaired) electrons. The lowest BCUT2D eigenvalue weighted by Gasteiger charge is -1.96. The van der Waals surface area contributed by atoms with Gasteiger partial charge in [0.1, 0.15) is 0 Å². The number of rotatable bonds is 2. The van der Waals surface area contributed by atoms with Gasteiger partial charge in [-0.2, -0.15) is 5.10 Å². The van der Waals surface area contributed by atoms with Crippen molar-refractivity contribution < 1.29 is 0 Å². The summed E-state index contributed by atoms with van der Waals surface area (Å²) in [5.74, 6) is 1.83. The van der Waals surface area contributed by atoms with Crippen molar-refractivity contribution >= 4 is 0 Å². The molecule has 2 nitrogen and oxygen atoms in total. The van der Waals surface area contributed by atoms with Crippen molar-refractivity contribution in [2.45, 2.75) is 26.8 Å². The van der Waals surface area contributed by atoms with Crippen molar-refractivity contribution in [3.05, 3.63) is 18.0 Å². The SMILES string of the molecule is Cc1cnn(CC2CC2C)c1. The largest absolute Gasteiger partial charge is 0.272 e. The Morgan fingerprint density at radius 2 is 2.45 bits per heavy atom. The van der Waals surface area contributed by atoms with Crippen LogP contribution in [0, 0.1) is 18.8 Å². The topological polar surface area (TPSA) is 17.8 Å². The molecule has 2 rings (SSSR count). The van der Waals surface area contributed by atoms with Gasteiger partial charge in [-0.3, -0.25) is 4.68 Å². The van der Waals surface area contributed by atoms with E-state index in [0.717, 1.165) is 18.4 Å². The van der Waals surface area contributed by atoms with Crippen LogP contribution in [0.5, 0.6) is 0 Å². The van der Waals surface area contributed by atoms with Gasteiger partial charge in [0, 0.05) is 12.7 Å². The Bertz CT molecular complexity index is 252. The molecule has 1 saturated carbocycles. The first-order valence-corrected chi connectivity index (χ1v) is 4.25. The van der Waals surface area contributed by atoms with Crippen LogP contribution in [-0.4, -0.2) is 9.78 Å². The average molecular weight is 150 g/mol. The van der Waals surface area contributed by atoms with E-state index in [1.807, 2.05) is 6.20 Å². The van der Waals surface area contributed by atoms with Gasteiger partial charge in [0.25, 0.3) is 0 Å². The zero-order valence-electron chi connectivity index (χ0n) is 7.12. The van der Waals surface area contributed by atoms with Gasteiger partial charge in [0.15, 0.2) is 0 Å². The Hall–Kier alpha value is -0.790. The van der Waals surface area contributed by atoms with E-state index in [1.165, 1.54) is 12.0 Å². The molecule has 0 saturated heterocycles. The molecule has 60 valence electrons. The molecule has 0 amide bonds. The Morgan fingerprint density at radius 1 is 1.73 bits per heavy atom. The van der Waals surface area contributed by atoms with Gasteiger partial charge < -0.3 is 0 Å². The lowest BCUT2D eigenvalue weighted by Crippen LogP contribution is -2.00. The molecule has 1 aromatic rings. The van der Waals surface area contributed by atoms with Crippen LogP contribution in [0.1, 0.15) is 18.9 Å². The van der Waals surface area contributed by atoms with Crippen LogP contribution >= 0.6 is 0 Å². The highest BCUT2D eigenvalue weighted by atomic mass is 15.3. The summed E-state index contributed by atoms with van der Waals surface area (Å²) in [6, 6.07) is 0. The third-order valence-corrected chi connectivity index (χ3v) is 2.46. The Morgan fingerprint density at radius 3 is 2.91 bits per heavy atom. The molecule has 2 unspecified atom stereocenters. The molecule has 0 bridgehead atoms. The van der Waals surface area contributed by atoms with Gasteiger partial charge in [-0.15, -0.1) is 0 Å². The molecule has 2 heteroatoms. The smallest absolute Gasteiger partial charge is 0.0518 e. The maximum absolute atomic E-state index is 4.25. The Balaban J connectivity index is 1.96. The van der Waals surface area contributed by atoms with Gasteiger partial charge in [0.05, 0.1) is 6.20 Å². The number of hydrogen-bond donors (Lipinski definition) is 0. The van der Waals surface area contributed by atoms with Crippen molar-refractivity contribution in [2.24, 2.45) is 11.8 Å². The maximum Gasteiger partial charge on any atom is 0.0518 e. The molecular formula is C9H14N2. The molecule has 1 aliphatic carbocycles. The molecule has 1 aliphatic rings. The zero-order valence-corrected chi connectivity index (χ0v) is 7.12. The summed E-state index contributed by atoms with van der Waals surface area (Å²) in [7, 11) is 0. The first kappa shape index (κ1) is 6.89. The van der Waals surface area contributed by atoms with Crippen molar-refractivity contribution in [1.29, 1.82) is 0 Å². The molecule has 1 fully saturated rings. The quantitative estimate of drug-likeness (QED) is 0.629. The van der Waals surface area contributed by atoms with Crippen LogP contribution < -0.4 is 0 Å². The average Bonchev–Trinajstić information content (AvgIpc) is 2.42. The lowest BCUT2D eigenvalue weighted by molar-refractivity contribution is 0.540. The summed E-state index contributed by atoms with van der Waals surface area (Å²) in [5.41, 5.74) is 1.26. The fraction of sp³-hybridized carbons (Fsp3) is 0.667. The highest BCUT2D eigenvalue weighted by Crippen LogP contribution is 2.38. The van der Waals surface area contributed by atoms with E-state index in [2.05, 4.69) is 29.8 Å². The van der Waals surface area contributed by atoms with Crippen molar-refractivity contribution in [3.8, 4) is 0 Å². The fourth-order valence-electron chi connectivity index (χ4n) is 1.46. The molecule has 1 heterocycles. The maximum atomic E-state index is 4.25. The molecule has 1 aromatic heterocycles. The van der Waals surface area contributed by atoms with E-state index in [4.69, 9.17) is 0 Å². The second kappa shape index (κ2) is 2.36. The van der Waals surface area contributed by atoms with Gasteiger partial charge in [0.2, 0.25) is 0 Å². The third-order valence-electron chi connectivity index (χ3n) is 2.46. The van der Waals surface area contributed by atoms with Crippen LogP contribution in [0.2, 0.25) is 0 Å². The van der Waals surface area contributed by atoms with E-state index in [-0.39, 0.29) is 0 Å². The minimum Gasteiger partial charge on any atom is -0.272 e. The van der Waals surface area contributed by atoms with Gasteiger partial charge in [-0.25, -0.2) is 0 Å². The second-order valence-corrected chi connectivity index (χ2v) is 3.71. The first-order chi connectivity index (χ1) is 5.25. The van der Waals surface area contributed by atoms with E-state index < -0.39 is 0 Å². The standard InChI is InChI=1S/C9H14N2/c1-7-4-10-11(5-7)6-9-3-8(9)2/h4-5,8-9H,3,6H2,1-2H3. The molecule has 0 N–H and O–H groups in total. The van der Waals surface area contributed by atoms with Crippen molar-refractivity contribution in [2.75, 3.05) is 0 Å². The van der Waals surface area contributed by atoms with Crippen LogP contribution in [0.3, 0.4) is 0 Å². The Kier molecular flexibility index (Phi) is 1.48. The molecule has 0 aromatic carbocycles. The molecule has 0 aliphatic heterocycles. The zero-order chi connectivity index (χ0) is 7.84. The Labute approximate surface area is 67.2 Å². The van der Waals surface area contributed by atoms with E-state index in [1.54, 1.807) is 0 Å². The summed E-state index contributed by atoms with van der Waals surface area (Å²) in [4.78, 5) is 0. The normalized spacial score (nSPS) is 28.9. The summed E-state index contributed by atoms with van der Waals surface area (Å²) >= 11 is 0. The summed E-state index contributed by atoms with van der Waals surface area (Å²) in [6.45, 7) is 5.51. The monoisotopic (exact) mass is 150 g/mol. The van der Waals surface area contributed by atoms with Crippen LogP contribution in [0.15, 0.2) is 12.4 Å². The predicted molar refractivity (Wildman–Crippen MR) is 44.2 cm³/mol. The van der Waals surface area contributed by atoms with E-state index in [0.29, 0.717) is 0 Å². The number of aryl methyl sites for hydroxylation is 1. The molecular weight excluding hydrogens is 136 g/mol. The third kappa shape index (κ3) is 1.44. The fourth-order valence-corrected chi connectivity index (χ4v) is 1.46. The van der Waals surface area contributed by atoms with Crippen LogP contribution in [-0.2, 0) is 6.54 Å². The summed E-state index contributed by atoms with van der Waals surface area (Å²) < 4.78 is 2.06. The van der Waals surface area contributed by atoms with E-state index in [9.17, 15) is 0 Å². The predicted octanol–water partition coefficient (Wildman–Crippen LogP) is 1.85. The first-order valence-electron chi connectivity index (χ1n) is 4.25. The summed E-state index contributed by atoms with van der Waals surface area (Å²) in [6.07, 6.45) is 5.43. The van der Waals surface area contributed by atoms with Gasteiger partial charge >= 0.3 is 0 Å². The van der Waals surface area contributed by atoms with Gasteiger partial charge in [-0.1, -0.05) is 6.92 Å².